The fraction of sp³-hybridized carbons (Fsp3) is 0.938. The van der Waals surface area contributed by atoms with Gasteiger partial charge in [-0.3, -0.25) is 4.79 Å². The Morgan fingerprint density at radius 3 is 2.63 bits per heavy atom. The summed E-state index contributed by atoms with van der Waals surface area (Å²) >= 11 is 0. The molecule has 3 fully saturated rings. The summed E-state index contributed by atoms with van der Waals surface area (Å²) in [4.78, 5) is 14.8. The molecule has 2 saturated heterocycles. The molecule has 0 aromatic rings. The third-order valence-electron chi connectivity index (χ3n) is 5.43. The molecule has 3 rings (SSSR count). The molecule has 108 valence electrons. The lowest BCUT2D eigenvalue weighted by atomic mass is 9.86. The first-order valence-corrected chi connectivity index (χ1v) is 8.36. The van der Waals surface area contributed by atoms with Crippen LogP contribution in [0.3, 0.4) is 0 Å². The van der Waals surface area contributed by atoms with Crippen molar-refractivity contribution in [1.82, 2.24) is 10.2 Å². The van der Waals surface area contributed by atoms with Gasteiger partial charge < -0.3 is 10.2 Å². The molecular formula is C16H28N2O. The Morgan fingerprint density at radius 2 is 1.79 bits per heavy atom. The normalized spacial score (nSPS) is 32.3. The van der Waals surface area contributed by atoms with E-state index in [2.05, 4.69) is 10.2 Å². The van der Waals surface area contributed by atoms with Crippen LogP contribution in [0.15, 0.2) is 0 Å². The van der Waals surface area contributed by atoms with E-state index in [1.807, 2.05) is 0 Å². The molecule has 1 amide bonds. The Bertz CT molecular complexity index is 298. The van der Waals surface area contributed by atoms with Crippen molar-refractivity contribution in [2.45, 2.75) is 76.3 Å². The van der Waals surface area contributed by atoms with Crippen LogP contribution in [0.5, 0.6) is 0 Å². The minimum Gasteiger partial charge on any atom is -0.335 e. The predicted molar refractivity (Wildman–Crippen MR) is 77.0 cm³/mol. The molecule has 0 radical (unpaired) electrons. The lowest BCUT2D eigenvalue weighted by molar-refractivity contribution is -0.134. The van der Waals surface area contributed by atoms with E-state index in [0.29, 0.717) is 18.0 Å². The van der Waals surface area contributed by atoms with E-state index in [-0.39, 0.29) is 0 Å². The first-order valence-electron chi connectivity index (χ1n) is 8.36. The number of hydrogen-bond donors (Lipinski definition) is 1. The molecule has 2 unspecified atom stereocenters. The monoisotopic (exact) mass is 264 g/mol. The van der Waals surface area contributed by atoms with E-state index >= 15 is 0 Å². The van der Waals surface area contributed by atoms with Crippen molar-refractivity contribution in [3.05, 3.63) is 0 Å². The molecule has 2 bridgehead atoms. The highest BCUT2D eigenvalue weighted by Gasteiger charge is 2.37. The fourth-order valence-electron chi connectivity index (χ4n) is 4.32. The van der Waals surface area contributed by atoms with Crippen LogP contribution in [0, 0.1) is 5.92 Å². The van der Waals surface area contributed by atoms with Gasteiger partial charge in [0.1, 0.15) is 0 Å². The van der Waals surface area contributed by atoms with E-state index in [0.717, 1.165) is 38.3 Å². The highest BCUT2D eigenvalue weighted by atomic mass is 16.2. The van der Waals surface area contributed by atoms with E-state index in [4.69, 9.17) is 0 Å². The van der Waals surface area contributed by atoms with Crippen molar-refractivity contribution in [2.24, 2.45) is 5.92 Å². The van der Waals surface area contributed by atoms with Gasteiger partial charge in [0.2, 0.25) is 5.91 Å². The number of amides is 1. The quantitative estimate of drug-likeness (QED) is 0.850. The minimum atomic E-state index is 0.446. The minimum absolute atomic E-state index is 0.446. The molecule has 3 heteroatoms. The highest BCUT2D eigenvalue weighted by molar-refractivity contribution is 5.77. The van der Waals surface area contributed by atoms with Gasteiger partial charge in [-0.25, -0.2) is 0 Å². The van der Waals surface area contributed by atoms with Gasteiger partial charge in [-0.15, -0.1) is 0 Å². The lowest BCUT2D eigenvalue weighted by Gasteiger charge is -2.29. The first kappa shape index (κ1) is 13.4. The number of carbonyl (C=O) groups is 1. The zero-order valence-electron chi connectivity index (χ0n) is 12.1. The van der Waals surface area contributed by atoms with Gasteiger partial charge >= 0.3 is 0 Å². The molecule has 0 aromatic heterocycles. The van der Waals surface area contributed by atoms with Crippen molar-refractivity contribution in [1.29, 1.82) is 0 Å². The Labute approximate surface area is 117 Å². The average molecular weight is 264 g/mol. The molecule has 3 nitrogen and oxygen atoms in total. The van der Waals surface area contributed by atoms with Gasteiger partial charge in [0.25, 0.3) is 0 Å². The van der Waals surface area contributed by atoms with Crippen LogP contribution in [-0.2, 0) is 4.79 Å². The molecule has 0 aromatic carbocycles. The summed E-state index contributed by atoms with van der Waals surface area (Å²) in [6.45, 7) is 2.11. The second-order valence-electron chi connectivity index (χ2n) is 6.72. The van der Waals surface area contributed by atoms with Gasteiger partial charge in [-0.2, -0.15) is 0 Å². The summed E-state index contributed by atoms with van der Waals surface area (Å²) in [5, 5.41) is 3.48. The number of carbonyl (C=O) groups excluding carboxylic acids is 1. The fourth-order valence-corrected chi connectivity index (χ4v) is 4.32. The molecular weight excluding hydrogens is 236 g/mol. The Balaban J connectivity index is 1.51. The molecule has 1 aliphatic carbocycles. The molecule has 0 spiro atoms. The zero-order chi connectivity index (χ0) is 13.1. The Kier molecular flexibility index (Phi) is 4.42. The van der Waals surface area contributed by atoms with Crippen molar-refractivity contribution in [2.75, 3.05) is 13.1 Å². The average Bonchev–Trinajstić information content (AvgIpc) is 2.71. The predicted octanol–water partition coefficient (Wildman–Crippen LogP) is 2.70. The van der Waals surface area contributed by atoms with E-state index in [1.165, 1.54) is 44.9 Å². The van der Waals surface area contributed by atoms with Crippen LogP contribution in [-0.4, -0.2) is 36.0 Å². The van der Waals surface area contributed by atoms with Crippen LogP contribution in [0.1, 0.15) is 64.2 Å². The molecule has 3 aliphatic rings. The SMILES string of the molecule is O=C(CCC1CCCCC1)N1C2CCNCC1CC2. The summed E-state index contributed by atoms with van der Waals surface area (Å²) in [6.07, 6.45) is 12.5. The molecule has 19 heavy (non-hydrogen) atoms. The number of nitrogens with zero attached hydrogens (tertiary/aromatic N) is 1. The highest BCUT2D eigenvalue weighted by Crippen LogP contribution is 2.31. The summed E-state index contributed by atoms with van der Waals surface area (Å²) in [5.41, 5.74) is 0. The number of rotatable bonds is 3. The maximum Gasteiger partial charge on any atom is 0.223 e. The third kappa shape index (κ3) is 3.13. The second-order valence-corrected chi connectivity index (χ2v) is 6.72. The lowest BCUT2D eigenvalue weighted by Crippen LogP contribution is -2.42. The maximum atomic E-state index is 12.6. The maximum absolute atomic E-state index is 12.6. The van der Waals surface area contributed by atoms with Crippen LogP contribution in [0.2, 0.25) is 0 Å². The Hall–Kier alpha value is -0.570. The smallest absolute Gasteiger partial charge is 0.223 e. The van der Waals surface area contributed by atoms with Crippen LogP contribution in [0.4, 0.5) is 0 Å². The van der Waals surface area contributed by atoms with E-state index in [1.54, 1.807) is 0 Å². The first-order chi connectivity index (χ1) is 9.34. The summed E-state index contributed by atoms with van der Waals surface area (Å²) in [7, 11) is 0. The molecule has 2 atom stereocenters. The van der Waals surface area contributed by atoms with Gasteiger partial charge in [-0.1, -0.05) is 32.1 Å². The molecule has 2 aliphatic heterocycles. The second kappa shape index (κ2) is 6.25. The van der Waals surface area contributed by atoms with Gasteiger partial charge in [-0.05, 0) is 38.1 Å². The summed E-state index contributed by atoms with van der Waals surface area (Å²) in [6, 6.07) is 1.03. The van der Waals surface area contributed by atoms with E-state index in [9.17, 15) is 4.79 Å². The van der Waals surface area contributed by atoms with Crippen LogP contribution >= 0.6 is 0 Å². The van der Waals surface area contributed by atoms with Crippen LogP contribution in [0.25, 0.3) is 0 Å². The molecule has 2 heterocycles. The largest absolute Gasteiger partial charge is 0.335 e. The van der Waals surface area contributed by atoms with Crippen molar-refractivity contribution in [3.8, 4) is 0 Å². The number of hydrogen-bond acceptors (Lipinski definition) is 2. The number of nitrogens with one attached hydrogen (secondary N) is 1. The Morgan fingerprint density at radius 1 is 1.00 bits per heavy atom. The van der Waals surface area contributed by atoms with Gasteiger partial charge in [0.05, 0.1) is 0 Å². The summed E-state index contributed by atoms with van der Waals surface area (Å²) in [5.74, 6) is 1.28. The van der Waals surface area contributed by atoms with E-state index < -0.39 is 0 Å². The summed E-state index contributed by atoms with van der Waals surface area (Å²) < 4.78 is 0. The van der Waals surface area contributed by atoms with Crippen molar-refractivity contribution in [3.63, 3.8) is 0 Å². The third-order valence-corrected chi connectivity index (χ3v) is 5.43. The van der Waals surface area contributed by atoms with Crippen molar-refractivity contribution >= 4 is 5.91 Å². The molecule has 1 saturated carbocycles. The van der Waals surface area contributed by atoms with Gasteiger partial charge in [0, 0.05) is 25.0 Å². The zero-order valence-corrected chi connectivity index (χ0v) is 12.1. The van der Waals surface area contributed by atoms with Crippen molar-refractivity contribution < 1.29 is 4.79 Å². The number of fused-ring (bicyclic) bond motifs is 2. The molecule has 1 N–H and O–H groups in total. The van der Waals surface area contributed by atoms with Gasteiger partial charge in [0.15, 0.2) is 0 Å². The standard InChI is InChI=1S/C16H28N2O/c19-16(9-6-13-4-2-1-3-5-13)18-14-7-8-15(18)12-17-11-10-14/h13-15,17H,1-12H2. The van der Waals surface area contributed by atoms with Crippen LogP contribution < -0.4 is 5.32 Å². The topological polar surface area (TPSA) is 32.3 Å².